The van der Waals surface area contributed by atoms with Gasteiger partial charge in [-0.1, -0.05) is 32.0 Å². The maximum Gasteiger partial charge on any atom is 0.324 e. The molecule has 0 saturated carbocycles. The molecule has 6 rings (SSSR count). The fourth-order valence-electron chi connectivity index (χ4n) is 5.72. The fraction of sp³-hybridized carbons (Fsp3) is 0.438. The summed E-state index contributed by atoms with van der Waals surface area (Å²) in [7, 11) is 1.69. The smallest absolute Gasteiger partial charge is 0.324 e. The Kier molecular flexibility index (Phi) is 7.87. The maximum absolute atomic E-state index is 13.3. The van der Waals surface area contributed by atoms with E-state index < -0.39 is 6.04 Å². The first-order chi connectivity index (χ1) is 20.2. The molecule has 9 nitrogen and oxygen atoms in total. The van der Waals surface area contributed by atoms with Gasteiger partial charge in [-0.15, -0.1) is 11.3 Å². The van der Waals surface area contributed by atoms with Crippen LogP contribution in [0.3, 0.4) is 0 Å². The maximum atomic E-state index is 13.3. The van der Waals surface area contributed by atoms with Crippen molar-refractivity contribution in [3.63, 3.8) is 0 Å². The summed E-state index contributed by atoms with van der Waals surface area (Å²) >= 11 is 1.60. The van der Waals surface area contributed by atoms with E-state index in [1.807, 2.05) is 13.0 Å². The predicted octanol–water partition coefficient (Wildman–Crippen LogP) is 5.55. The number of ether oxygens (including phenoxy) is 2. The number of thiazole rings is 1. The minimum atomic E-state index is -0.530. The minimum absolute atomic E-state index is 0.0541. The van der Waals surface area contributed by atoms with E-state index in [0.29, 0.717) is 25.9 Å². The summed E-state index contributed by atoms with van der Waals surface area (Å²) in [6, 6.07) is 12.0. The normalized spacial score (nSPS) is 20.3. The third-order valence-electron chi connectivity index (χ3n) is 8.07. The summed E-state index contributed by atoms with van der Waals surface area (Å²) in [4.78, 5) is 37.1. The molecule has 0 radical (unpaired) electrons. The number of aromatic nitrogens is 3. The quantitative estimate of drug-likeness (QED) is 0.314. The number of hydrogen-bond donors (Lipinski definition) is 1. The van der Waals surface area contributed by atoms with Crippen LogP contribution in [0.5, 0.6) is 0 Å². The number of hydrogen-bond acceptors (Lipinski definition) is 8. The number of rotatable bonds is 3. The zero-order chi connectivity index (χ0) is 29.4. The van der Waals surface area contributed by atoms with Crippen molar-refractivity contribution in [2.24, 2.45) is 5.41 Å². The molecule has 10 heteroatoms. The van der Waals surface area contributed by atoms with E-state index >= 15 is 0 Å². The van der Waals surface area contributed by atoms with Crippen LogP contribution in [0.2, 0.25) is 0 Å². The Morgan fingerprint density at radius 3 is 2.88 bits per heavy atom. The molecule has 1 amide bonds. The monoisotopic (exact) mass is 587 g/mol. The highest BCUT2D eigenvalue weighted by Gasteiger charge is 2.31. The van der Waals surface area contributed by atoms with Gasteiger partial charge in [-0.05, 0) is 43.4 Å². The average Bonchev–Trinajstić information content (AvgIpc) is 3.61. The number of pyridine rings is 1. The number of methoxy groups -OCH3 is 1. The molecule has 3 aromatic heterocycles. The van der Waals surface area contributed by atoms with Crippen LogP contribution in [0.4, 0.5) is 0 Å². The van der Waals surface area contributed by atoms with Crippen LogP contribution in [-0.4, -0.2) is 57.7 Å². The number of nitrogens with one attached hydrogen (secondary N) is 1. The first-order valence-electron chi connectivity index (χ1n) is 14.5. The van der Waals surface area contributed by atoms with Crippen molar-refractivity contribution < 1.29 is 19.1 Å². The zero-order valence-corrected chi connectivity index (χ0v) is 25.4. The summed E-state index contributed by atoms with van der Waals surface area (Å²) < 4.78 is 13.7. The third-order valence-corrected chi connectivity index (χ3v) is 9.22. The minimum Gasteiger partial charge on any atom is -0.464 e. The Morgan fingerprint density at radius 1 is 1.19 bits per heavy atom. The molecule has 2 aliphatic heterocycles. The number of carbonyl (C=O) groups is 2. The Bertz CT molecular complexity index is 1630. The number of fused-ring (bicyclic) bond motifs is 6. The molecule has 0 aliphatic carbocycles. The predicted molar refractivity (Wildman–Crippen MR) is 163 cm³/mol. The van der Waals surface area contributed by atoms with E-state index in [-0.39, 0.29) is 36.4 Å². The van der Waals surface area contributed by atoms with Gasteiger partial charge in [0.05, 0.1) is 34.0 Å². The second-order valence-corrected chi connectivity index (χ2v) is 13.0. The molecule has 2 atom stereocenters. The number of cyclic esters (lactones) is 1. The van der Waals surface area contributed by atoms with E-state index in [1.165, 1.54) is 0 Å². The van der Waals surface area contributed by atoms with Gasteiger partial charge in [-0.25, -0.2) is 10.4 Å². The summed E-state index contributed by atoms with van der Waals surface area (Å²) in [5, 5.41) is 3.59. The van der Waals surface area contributed by atoms with Crippen molar-refractivity contribution in [1.82, 2.24) is 25.0 Å². The number of aryl methyl sites for hydroxylation is 1. The average molecular weight is 588 g/mol. The van der Waals surface area contributed by atoms with Crippen LogP contribution in [0.1, 0.15) is 56.8 Å². The molecule has 2 aliphatic rings. The Labute approximate surface area is 249 Å². The van der Waals surface area contributed by atoms with Gasteiger partial charge in [-0.2, -0.15) is 0 Å². The van der Waals surface area contributed by atoms with E-state index in [1.54, 1.807) is 29.7 Å². The molecule has 5 heterocycles. The fourth-order valence-corrected chi connectivity index (χ4v) is 6.84. The first kappa shape index (κ1) is 28.5. The molecular formula is C32H37N5O4S. The van der Waals surface area contributed by atoms with Crippen LogP contribution in [-0.2, 0) is 32.0 Å². The summed E-state index contributed by atoms with van der Waals surface area (Å²) in [5.74, 6) is -0.366. The highest BCUT2D eigenvalue weighted by atomic mass is 32.1. The second kappa shape index (κ2) is 11.6. The Balaban J connectivity index is 1.47. The number of hydrazine groups is 1. The SMILES string of the molecule is CO[C@@H](C)c1ncccc1-c1sc2nc1-c1ccc3ccn(c3c1)CC(C)(C)COC(=O)C1CCCN(N1)C(=O)CC2. The van der Waals surface area contributed by atoms with Crippen LogP contribution in [0.15, 0.2) is 48.8 Å². The molecule has 220 valence electrons. The van der Waals surface area contributed by atoms with Crippen LogP contribution in [0, 0.1) is 5.41 Å². The lowest BCUT2D eigenvalue weighted by Gasteiger charge is -2.33. The van der Waals surface area contributed by atoms with Crippen molar-refractivity contribution >= 4 is 34.1 Å². The number of esters is 1. The summed E-state index contributed by atoms with van der Waals surface area (Å²) in [6.07, 6.45) is 5.84. The molecule has 1 unspecified atom stereocenters. The lowest BCUT2D eigenvalue weighted by Crippen LogP contribution is -2.55. The third kappa shape index (κ3) is 5.71. The van der Waals surface area contributed by atoms with Gasteiger partial charge in [0.1, 0.15) is 6.04 Å². The topological polar surface area (TPSA) is 98.6 Å². The highest BCUT2D eigenvalue weighted by molar-refractivity contribution is 7.15. The van der Waals surface area contributed by atoms with Gasteiger partial charge >= 0.3 is 5.97 Å². The number of benzene rings is 1. The van der Waals surface area contributed by atoms with E-state index in [4.69, 9.17) is 14.5 Å². The van der Waals surface area contributed by atoms with Crippen molar-refractivity contribution in [2.75, 3.05) is 20.3 Å². The summed E-state index contributed by atoms with van der Waals surface area (Å²) in [6.45, 7) is 7.70. The molecule has 4 aromatic rings. The lowest BCUT2D eigenvalue weighted by atomic mass is 9.94. The van der Waals surface area contributed by atoms with Crippen LogP contribution in [0.25, 0.3) is 32.6 Å². The first-order valence-corrected chi connectivity index (χ1v) is 15.3. The molecular weight excluding hydrogens is 550 g/mol. The van der Waals surface area contributed by atoms with Gasteiger partial charge < -0.3 is 14.0 Å². The number of carbonyl (C=O) groups excluding carboxylic acids is 2. The molecule has 1 fully saturated rings. The molecule has 1 saturated heterocycles. The van der Waals surface area contributed by atoms with Crippen molar-refractivity contribution in [3.8, 4) is 21.7 Å². The van der Waals surface area contributed by atoms with Gasteiger partial charge in [0.2, 0.25) is 5.91 Å². The van der Waals surface area contributed by atoms with Crippen molar-refractivity contribution in [2.45, 2.75) is 65.1 Å². The second-order valence-electron chi connectivity index (χ2n) is 12.0. The van der Waals surface area contributed by atoms with Crippen molar-refractivity contribution in [1.29, 1.82) is 0 Å². The Hall–Kier alpha value is -3.60. The number of amides is 1. The molecule has 42 heavy (non-hydrogen) atoms. The standard InChI is InChI=1S/C32H37N5O4S/c1-20(40-4)28-23(7-5-14-33-28)30-29-22-10-9-21-13-16-36(25(21)17-22)18-32(2,3)19-41-31(39)24-8-6-15-37(35-24)27(38)12-11-26(34-29)42-30/h5,7,9-10,13-14,16-17,20,24,35H,6,8,11-12,15,18-19H2,1-4H3/t20-,24?/m0/s1. The molecule has 6 bridgehead atoms. The largest absolute Gasteiger partial charge is 0.464 e. The van der Waals surface area contributed by atoms with E-state index in [0.717, 1.165) is 49.7 Å². The Morgan fingerprint density at radius 2 is 2.05 bits per heavy atom. The molecule has 1 aromatic carbocycles. The molecule has 1 N–H and O–H groups in total. The highest BCUT2D eigenvalue weighted by Crippen LogP contribution is 2.41. The van der Waals surface area contributed by atoms with Crippen LogP contribution < -0.4 is 5.43 Å². The van der Waals surface area contributed by atoms with E-state index in [9.17, 15) is 9.59 Å². The van der Waals surface area contributed by atoms with E-state index in [2.05, 4.69) is 65.4 Å². The van der Waals surface area contributed by atoms with Crippen molar-refractivity contribution in [3.05, 3.63) is 59.5 Å². The van der Waals surface area contributed by atoms with Gasteiger partial charge in [0.25, 0.3) is 0 Å². The summed E-state index contributed by atoms with van der Waals surface area (Å²) in [5.41, 5.74) is 7.61. The zero-order valence-electron chi connectivity index (χ0n) is 24.6. The number of nitrogens with zero attached hydrogens (tertiary/aromatic N) is 4. The lowest BCUT2D eigenvalue weighted by molar-refractivity contribution is -0.154. The van der Waals surface area contributed by atoms with Gasteiger partial charge in [-0.3, -0.25) is 19.6 Å². The van der Waals surface area contributed by atoms with Gasteiger partial charge in [0.15, 0.2) is 0 Å². The van der Waals surface area contributed by atoms with Gasteiger partial charge in [0, 0.05) is 67.5 Å². The molecule has 0 spiro atoms. The van der Waals surface area contributed by atoms with Crippen LogP contribution >= 0.6 is 11.3 Å².